The maximum atomic E-state index is 12.2. The topological polar surface area (TPSA) is 66.9 Å². The molecule has 1 unspecified atom stereocenters. The van der Waals surface area contributed by atoms with Gasteiger partial charge >= 0.3 is 0 Å². The second-order valence-corrected chi connectivity index (χ2v) is 5.61. The number of para-hydroxylation sites is 1. The molecule has 0 aliphatic rings. The fraction of sp³-hybridized carbons (Fsp3) is 0.267. The Hall–Kier alpha value is -1.85. The highest BCUT2D eigenvalue weighted by molar-refractivity contribution is 6.40. The third-order valence-electron chi connectivity index (χ3n) is 3.10. The number of carbonyl (C=O) groups is 1. The zero-order valence-electron chi connectivity index (χ0n) is 12.2. The number of halogens is 2. The highest BCUT2D eigenvalue weighted by Gasteiger charge is 2.12. The molecule has 0 fully saturated rings. The van der Waals surface area contributed by atoms with Crippen molar-refractivity contribution in [1.29, 1.82) is 0 Å². The van der Waals surface area contributed by atoms with Crippen molar-refractivity contribution in [2.45, 2.75) is 26.3 Å². The molecule has 5 nitrogen and oxygen atoms in total. The number of hydrogen-bond donors (Lipinski definition) is 2. The van der Waals surface area contributed by atoms with E-state index in [4.69, 9.17) is 23.2 Å². The molecule has 1 atom stereocenters. The zero-order valence-corrected chi connectivity index (χ0v) is 13.7. The van der Waals surface area contributed by atoms with Gasteiger partial charge in [-0.1, -0.05) is 36.2 Å². The van der Waals surface area contributed by atoms with Crippen LogP contribution in [0, 0.1) is 0 Å². The van der Waals surface area contributed by atoms with Gasteiger partial charge in [-0.2, -0.15) is 0 Å². The van der Waals surface area contributed by atoms with E-state index in [1.807, 2.05) is 6.92 Å². The number of aromatic nitrogens is 2. The lowest BCUT2D eigenvalue weighted by Crippen LogP contribution is -2.17. The number of anilines is 2. The summed E-state index contributed by atoms with van der Waals surface area (Å²) in [6, 6.07) is 5.28. The Bertz CT molecular complexity index is 641. The van der Waals surface area contributed by atoms with Crippen molar-refractivity contribution in [3.8, 4) is 0 Å². The molecule has 2 aromatic rings. The fourth-order valence-corrected chi connectivity index (χ4v) is 2.14. The fourth-order valence-electron chi connectivity index (χ4n) is 1.65. The Balaban J connectivity index is 2.10. The van der Waals surface area contributed by atoms with Crippen molar-refractivity contribution < 1.29 is 4.79 Å². The van der Waals surface area contributed by atoms with Gasteiger partial charge in [0.1, 0.15) is 0 Å². The van der Waals surface area contributed by atoms with Crippen LogP contribution in [0.25, 0.3) is 0 Å². The molecular weight excluding hydrogens is 323 g/mol. The van der Waals surface area contributed by atoms with Crippen LogP contribution in [0.15, 0.2) is 30.6 Å². The van der Waals surface area contributed by atoms with E-state index >= 15 is 0 Å². The van der Waals surface area contributed by atoms with Gasteiger partial charge in [0.25, 0.3) is 5.91 Å². The molecule has 0 saturated heterocycles. The van der Waals surface area contributed by atoms with E-state index in [0.717, 1.165) is 6.42 Å². The van der Waals surface area contributed by atoms with Crippen molar-refractivity contribution in [3.63, 3.8) is 0 Å². The van der Waals surface area contributed by atoms with Gasteiger partial charge in [0.15, 0.2) is 0 Å². The predicted octanol–water partition coefficient (Wildman–Crippen LogP) is 4.25. The molecule has 116 valence electrons. The Morgan fingerprint density at radius 1 is 1.23 bits per heavy atom. The lowest BCUT2D eigenvalue weighted by atomic mass is 10.2. The van der Waals surface area contributed by atoms with Crippen molar-refractivity contribution in [3.05, 3.63) is 46.2 Å². The standard InChI is InChI=1S/C15H16Cl2N4O/c1-3-9(2)20-15-18-7-10(8-19-15)14(22)21-13-11(16)5-4-6-12(13)17/h4-9H,3H2,1-2H3,(H,21,22)(H,18,19,20). The summed E-state index contributed by atoms with van der Waals surface area (Å²) in [5, 5.41) is 6.54. The summed E-state index contributed by atoms with van der Waals surface area (Å²) < 4.78 is 0. The first-order valence-corrected chi connectivity index (χ1v) is 7.60. The normalized spacial score (nSPS) is 11.8. The van der Waals surface area contributed by atoms with Crippen molar-refractivity contribution in [1.82, 2.24) is 9.97 Å². The van der Waals surface area contributed by atoms with Gasteiger partial charge in [0, 0.05) is 18.4 Å². The Morgan fingerprint density at radius 3 is 2.36 bits per heavy atom. The molecule has 0 spiro atoms. The van der Waals surface area contributed by atoms with Gasteiger partial charge in [-0.05, 0) is 25.5 Å². The third kappa shape index (κ3) is 4.08. The molecule has 1 amide bonds. The summed E-state index contributed by atoms with van der Waals surface area (Å²) in [4.78, 5) is 20.4. The highest BCUT2D eigenvalue weighted by Crippen LogP contribution is 2.30. The molecule has 2 rings (SSSR count). The number of amides is 1. The van der Waals surface area contributed by atoms with Gasteiger partial charge < -0.3 is 10.6 Å². The summed E-state index contributed by atoms with van der Waals surface area (Å²) in [5.41, 5.74) is 0.698. The molecule has 0 aliphatic carbocycles. The van der Waals surface area contributed by atoms with Crippen LogP contribution in [-0.2, 0) is 0 Å². The molecule has 0 aliphatic heterocycles. The maximum absolute atomic E-state index is 12.2. The first-order valence-electron chi connectivity index (χ1n) is 6.85. The van der Waals surface area contributed by atoms with Gasteiger partial charge in [-0.3, -0.25) is 4.79 Å². The van der Waals surface area contributed by atoms with Crippen LogP contribution in [0.3, 0.4) is 0 Å². The maximum Gasteiger partial charge on any atom is 0.258 e. The average Bonchev–Trinajstić information content (AvgIpc) is 2.51. The summed E-state index contributed by atoms with van der Waals surface area (Å²) in [6.07, 6.45) is 3.87. The molecule has 1 aromatic heterocycles. The molecule has 1 heterocycles. The number of benzene rings is 1. The van der Waals surface area contributed by atoms with E-state index in [0.29, 0.717) is 27.2 Å². The molecule has 22 heavy (non-hydrogen) atoms. The molecule has 0 bridgehead atoms. The lowest BCUT2D eigenvalue weighted by Gasteiger charge is -2.11. The zero-order chi connectivity index (χ0) is 16.1. The Labute approximate surface area is 139 Å². The SMILES string of the molecule is CCC(C)Nc1ncc(C(=O)Nc2c(Cl)cccc2Cl)cn1. The molecule has 0 radical (unpaired) electrons. The van der Waals surface area contributed by atoms with Gasteiger partial charge in [0.05, 0.1) is 21.3 Å². The van der Waals surface area contributed by atoms with Crippen LogP contribution in [0.1, 0.15) is 30.6 Å². The van der Waals surface area contributed by atoms with E-state index in [1.54, 1.807) is 18.2 Å². The van der Waals surface area contributed by atoms with Crippen molar-refractivity contribution in [2.24, 2.45) is 0 Å². The lowest BCUT2D eigenvalue weighted by molar-refractivity contribution is 0.102. The average molecular weight is 339 g/mol. The largest absolute Gasteiger partial charge is 0.352 e. The summed E-state index contributed by atoms with van der Waals surface area (Å²) in [6.45, 7) is 4.09. The summed E-state index contributed by atoms with van der Waals surface area (Å²) in [5.74, 6) is 0.117. The number of rotatable bonds is 5. The van der Waals surface area contributed by atoms with Gasteiger partial charge in [-0.25, -0.2) is 9.97 Å². The van der Waals surface area contributed by atoms with Gasteiger partial charge in [-0.15, -0.1) is 0 Å². The van der Waals surface area contributed by atoms with E-state index < -0.39 is 0 Å². The predicted molar refractivity (Wildman–Crippen MR) is 89.8 cm³/mol. The van der Waals surface area contributed by atoms with E-state index in [1.165, 1.54) is 12.4 Å². The molecule has 7 heteroatoms. The number of carbonyl (C=O) groups excluding carboxylic acids is 1. The molecular formula is C15H16Cl2N4O. The minimum absolute atomic E-state index is 0.265. The quantitative estimate of drug-likeness (QED) is 0.855. The number of hydrogen-bond acceptors (Lipinski definition) is 4. The summed E-state index contributed by atoms with van der Waals surface area (Å²) in [7, 11) is 0. The highest BCUT2D eigenvalue weighted by atomic mass is 35.5. The van der Waals surface area contributed by atoms with Crippen molar-refractivity contribution in [2.75, 3.05) is 10.6 Å². The van der Waals surface area contributed by atoms with Crippen LogP contribution in [0.4, 0.5) is 11.6 Å². The second-order valence-electron chi connectivity index (χ2n) is 4.80. The van der Waals surface area contributed by atoms with Crippen LogP contribution in [0.5, 0.6) is 0 Å². The molecule has 1 aromatic carbocycles. The monoisotopic (exact) mass is 338 g/mol. The van der Waals surface area contributed by atoms with E-state index in [2.05, 4.69) is 27.5 Å². The first kappa shape index (κ1) is 16.5. The molecule has 0 saturated carbocycles. The van der Waals surface area contributed by atoms with Gasteiger partial charge in [0.2, 0.25) is 5.95 Å². The van der Waals surface area contributed by atoms with Crippen LogP contribution in [-0.4, -0.2) is 21.9 Å². The minimum atomic E-state index is -0.370. The third-order valence-corrected chi connectivity index (χ3v) is 3.73. The summed E-state index contributed by atoms with van der Waals surface area (Å²) >= 11 is 12.0. The van der Waals surface area contributed by atoms with E-state index in [-0.39, 0.29) is 11.9 Å². The Kier molecular flexibility index (Phi) is 5.57. The smallest absolute Gasteiger partial charge is 0.258 e. The molecule has 2 N–H and O–H groups in total. The first-order chi connectivity index (χ1) is 10.5. The van der Waals surface area contributed by atoms with Crippen LogP contribution >= 0.6 is 23.2 Å². The van der Waals surface area contributed by atoms with Crippen LogP contribution in [0.2, 0.25) is 10.0 Å². The Morgan fingerprint density at radius 2 is 1.82 bits per heavy atom. The second kappa shape index (κ2) is 7.42. The van der Waals surface area contributed by atoms with Crippen molar-refractivity contribution >= 4 is 40.7 Å². The number of nitrogens with one attached hydrogen (secondary N) is 2. The number of nitrogens with zero attached hydrogens (tertiary/aromatic N) is 2. The minimum Gasteiger partial charge on any atom is -0.352 e. The van der Waals surface area contributed by atoms with E-state index in [9.17, 15) is 4.79 Å². The van der Waals surface area contributed by atoms with Crippen LogP contribution < -0.4 is 10.6 Å².